The molecule has 18 heavy (non-hydrogen) atoms. The normalized spacial score (nSPS) is 12.1. The lowest BCUT2D eigenvalue weighted by Crippen LogP contribution is -2.06. The van der Waals surface area contributed by atoms with Crippen molar-refractivity contribution in [2.24, 2.45) is 0 Å². The molecule has 88 valence electrons. The van der Waals surface area contributed by atoms with Gasteiger partial charge in [0.15, 0.2) is 0 Å². The van der Waals surface area contributed by atoms with Gasteiger partial charge in [0.05, 0.1) is 0 Å². The molecule has 0 fully saturated rings. The van der Waals surface area contributed by atoms with Gasteiger partial charge in [-0.25, -0.2) is 0 Å². The third kappa shape index (κ3) is 2.07. The largest absolute Gasteiger partial charge is 0.106 e. The highest BCUT2D eigenvalue weighted by atomic mass is 32.1. The Labute approximate surface area is 115 Å². The second kappa shape index (κ2) is 4.81. The van der Waals surface area contributed by atoms with E-state index in [1.54, 1.807) is 0 Å². The molecule has 0 heterocycles. The fourth-order valence-corrected chi connectivity index (χ4v) is 2.98. The lowest BCUT2D eigenvalue weighted by Gasteiger charge is -2.20. The molecule has 0 spiro atoms. The zero-order valence-electron chi connectivity index (χ0n) is 9.90. The summed E-state index contributed by atoms with van der Waals surface area (Å²) < 4.78 is 0. The van der Waals surface area contributed by atoms with Crippen LogP contribution in [0.3, 0.4) is 0 Å². The molecule has 3 rings (SSSR count). The average Bonchev–Trinajstić information content (AvgIpc) is 2.38. The molecule has 0 radical (unpaired) electrons. The standard InChI is InChI=1S/C16H13PS/c17-14-4-6-16-13(10-14)3-2-12-9-11(7-8-18)1-5-15(12)16/h1,4-6,9-10,18H,2-3,17H2. The Kier molecular flexibility index (Phi) is 3.16. The summed E-state index contributed by atoms with van der Waals surface area (Å²) in [7, 11) is 2.77. The van der Waals surface area contributed by atoms with Crippen molar-refractivity contribution in [3.05, 3.63) is 53.1 Å². The molecule has 1 aliphatic rings. The van der Waals surface area contributed by atoms with Gasteiger partial charge in [0.1, 0.15) is 0 Å². The van der Waals surface area contributed by atoms with Gasteiger partial charge in [0.2, 0.25) is 0 Å². The van der Waals surface area contributed by atoms with E-state index in [4.69, 9.17) is 0 Å². The van der Waals surface area contributed by atoms with Crippen LogP contribution < -0.4 is 5.30 Å². The molecule has 0 aromatic heterocycles. The lowest BCUT2D eigenvalue weighted by atomic mass is 9.85. The minimum absolute atomic E-state index is 1.05. The van der Waals surface area contributed by atoms with Crippen molar-refractivity contribution in [2.45, 2.75) is 12.8 Å². The number of aryl methyl sites for hydroxylation is 2. The highest BCUT2D eigenvalue weighted by Crippen LogP contribution is 2.33. The number of benzene rings is 2. The van der Waals surface area contributed by atoms with Gasteiger partial charge in [-0.05, 0) is 57.8 Å². The molecule has 0 saturated heterocycles. The van der Waals surface area contributed by atoms with Crippen molar-refractivity contribution < 1.29 is 0 Å². The molecule has 0 aliphatic heterocycles. The topological polar surface area (TPSA) is 0 Å². The molecular weight excluding hydrogens is 255 g/mol. The highest BCUT2D eigenvalue weighted by molar-refractivity contribution is 7.85. The van der Waals surface area contributed by atoms with E-state index in [2.05, 4.69) is 69.4 Å². The van der Waals surface area contributed by atoms with E-state index in [1.807, 2.05) is 0 Å². The number of rotatable bonds is 0. The average molecular weight is 268 g/mol. The van der Waals surface area contributed by atoms with Crippen molar-refractivity contribution in [3.63, 3.8) is 0 Å². The Hall–Kier alpha value is -1.22. The second-order valence-corrected chi connectivity index (χ2v) is 5.42. The summed E-state index contributed by atoms with van der Waals surface area (Å²) in [5, 5.41) is 3.92. The zero-order valence-corrected chi connectivity index (χ0v) is 12.0. The molecule has 0 bridgehead atoms. The van der Waals surface area contributed by atoms with E-state index in [0.29, 0.717) is 0 Å². The van der Waals surface area contributed by atoms with Gasteiger partial charge in [0, 0.05) is 5.56 Å². The first-order valence-electron chi connectivity index (χ1n) is 5.95. The minimum atomic E-state index is 1.05. The van der Waals surface area contributed by atoms with Crippen LogP contribution in [0.1, 0.15) is 16.7 Å². The molecule has 1 unspecified atom stereocenters. The van der Waals surface area contributed by atoms with Crippen LogP contribution in [0.5, 0.6) is 0 Å². The van der Waals surface area contributed by atoms with E-state index in [9.17, 15) is 0 Å². The Morgan fingerprint density at radius 1 is 0.944 bits per heavy atom. The molecule has 0 N–H and O–H groups in total. The number of hydrogen-bond donors (Lipinski definition) is 1. The maximum absolute atomic E-state index is 3.95. The molecule has 0 saturated carbocycles. The van der Waals surface area contributed by atoms with Crippen molar-refractivity contribution in [1.82, 2.24) is 0 Å². The van der Waals surface area contributed by atoms with Gasteiger partial charge in [0.25, 0.3) is 0 Å². The SMILES string of the molecule is Pc1ccc2c(c1)CCc1cc(C#CS)ccc1-2. The van der Waals surface area contributed by atoms with Gasteiger partial charge in [-0.2, -0.15) is 0 Å². The third-order valence-electron chi connectivity index (χ3n) is 3.39. The number of hydrogen-bond acceptors (Lipinski definition) is 1. The van der Waals surface area contributed by atoms with Gasteiger partial charge >= 0.3 is 0 Å². The zero-order chi connectivity index (χ0) is 12.5. The van der Waals surface area contributed by atoms with Gasteiger partial charge < -0.3 is 0 Å². The summed E-state index contributed by atoms with van der Waals surface area (Å²) >= 11 is 3.95. The Bertz CT molecular complexity index is 677. The van der Waals surface area contributed by atoms with Crippen LogP contribution in [0.25, 0.3) is 11.1 Å². The molecule has 2 aromatic carbocycles. The first-order chi connectivity index (χ1) is 8.78. The summed E-state index contributed by atoms with van der Waals surface area (Å²) in [6, 6.07) is 13.1. The van der Waals surface area contributed by atoms with E-state index < -0.39 is 0 Å². The van der Waals surface area contributed by atoms with Crippen LogP contribution in [0.15, 0.2) is 36.4 Å². The second-order valence-electron chi connectivity index (χ2n) is 4.53. The minimum Gasteiger partial charge on any atom is -0.106 e. The van der Waals surface area contributed by atoms with Crippen molar-refractivity contribution in [1.29, 1.82) is 0 Å². The van der Waals surface area contributed by atoms with E-state index in [-0.39, 0.29) is 0 Å². The molecule has 0 nitrogen and oxygen atoms in total. The van der Waals surface area contributed by atoms with Crippen LogP contribution in [0.4, 0.5) is 0 Å². The summed E-state index contributed by atoms with van der Waals surface area (Å²) in [4.78, 5) is 0. The van der Waals surface area contributed by atoms with Gasteiger partial charge in [-0.3, -0.25) is 0 Å². The summed E-state index contributed by atoms with van der Waals surface area (Å²) in [5.74, 6) is 3.00. The maximum Gasteiger partial charge on any atom is 0.0257 e. The fourth-order valence-electron chi connectivity index (χ4n) is 2.56. The van der Waals surface area contributed by atoms with Crippen LogP contribution in [0.2, 0.25) is 0 Å². The van der Waals surface area contributed by atoms with Crippen molar-refractivity contribution in [2.75, 3.05) is 0 Å². The van der Waals surface area contributed by atoms with Crippen molar-refractivity contribution >= 4 is 27.2 Å². The molecule has 0 amide bonds. The Morgan fingerprint density at radius 2 is 1.61 bits per heavy atom. The third-order valence-corrected chi connectivity index (χ3v) is 3.86. The lowest BCUT2D eigenvalue weighted by molar-refractivity contribution is 0.942. The predicted molar refractivity (Wildman–Crippen MR) is 84.5 cm³/mol. The monoisotopic (exact) mass is 268 g/mol. The number of thiol groups is 1. The van der Waals surface area contributed by atoms with Gasteiger partial charge in [-0.15, -0.1) is 9.24 Å². The molecule has 2 heteroatoms. The fraction of sp³-hybridized carbons (Fsp3) is 0.125. The summed E-state index contributed by atoms with van der Waals surface area (Å²) in [5.41, 5.74) is 6.62. The first kappa shape index (κ1) is 11.8. The Morgan fingerprint density at radius 3 is 2.33 bits per heavy atom. The molecule has 2 aromatic rings. The summed E-state index contributed by atoms with van der Waals surface area (Å²) in [6.07, 6.45) is 2.21. The predicted octanol–water partition coefficient (Wildman–Crippen LogP) is 3.19. The molecule has 1 aliphatic carbocycles. The summed E-state index contributed by atoms with van der Waals surface area (Å²) in [6.45, 7) is 0. The molecule has 1 atom stereocenters. The molecular formula is C16H13PS. The smallest absolute Gasteiger partial charge is 0.0257 e. The van der Waals surface area contributed by atoms with E-state index >= 15 is 0 Å². The van der Waals surface area contributed by atoms with E-state index in [0.717, 1.165) is 18.4 Å². The van der Waals surface area contributed by atoms with E-state index in [1.165, 1.54) is 27.6 Å². The Balaban J connectivity index is 2.15. The quantitative estimate of drug-likeness (QED) is 0.423. The first-order valence-corrected chi connectivity index (χ1v) is 6.97. The van der Waals surface area contributed by atoms with Crippen LogP contribution in [0, 0.1) is 11.2 Å². The van der Waals surface area contributed by atoms with Crippen LogP contribution in [-0.2, 0) is 12.8 Å². The van der Waals surface area contributed by atoms with Crippen molar-refractivity contribution in [3.8, 4) is 22.3 Å². The number of fused-ring (bicyclic) bond motifs is 3. The van der Waals surface area contributed by atoms with Crippen LogP contribution >= 0.6 is 21.9 Å². The maximum atomic E-state index is 3.95. The highest BCUT2D eigenvalue weighted by Gasteiger charge is 2.15. The van der Waals surface area contributed by atoms with Gasteiger partial charge in [-0.1, -0.05) is 42.8 Å². The van der Waals surface area contributed by atoms with Crippen LogP contribution in [-0.4, -0.2) is 0 Å².